The molecule has 0 bridgehead atoms. The van der Waals surface area contributed by atoms with Crippen LogP contribution in [0.5, 0.6) is 0 Å². The van der Waals surface area contributed by atoms with E-state index in [1.807, 2.05) is 0 Å². The third-order valence-corrected chi connectivity index (χ3v) is 1.94. The zero-order valence-electron chi connectivity index (χ0n) is 8.63. The Labute approximate surface area is 98.4 Å². The summed E-state index contributed by atoms with van der Waals surface area (Å²) in [4.78, 5) is 23.1. The molecular formula is C9H5F2N3O4. The lowest BCUT2D eigenvalue weighted by molar-refractivity contribution is -0.391. The molecule has 1 aromatic rings. The lowest BCUT2D eigenvalue weighted by atomic mass is 10.1. The molecule has 0 aliphatic rings. The van der Waals surface area contributed by atoms with Crippen molar-refractivity contribution in [3.8, 4) is 6.07 Å². The zero-order valence-corrected chi connectivity index (χ0v) is 8.63. The molecule has 9 heteroatoms. The van der Waals surface area contributed by atoms with Crippen molar-refractivity contribution < 1.29 is 23.6 Å². The second-order valence-electron chi connectivity index (χ2n) is 3.14. The smallest absolute Gasteiger partial charge is 0.374 e. The quantitative estimate of drug-likeness (QED) is 0.643. The predicted molar refractivity (Wildman–Crippen MR) is 51.9 cm³/mol. The number of rotatable bonds is 4. The lowest BCUT2D eigenvalue weighted by Crippen LogP contribution is -2.08. The highest BCUT2D eigenvalue weighted by Gasteiger charge is 2.29. The van der Waals surface area contributed by atoms with Gasteiger partial charge < -0.3 is 15.2 Å². The number of hydrogen-bond acceptors (Lipinski definition) is 5. The van der Waals surface area contributed by atoms with Crippen LogP contribution in [0.15, 0.2) is 6.07 Å². The van der Waals surface area contributed by atoms with Gasteiger partial charge in [0.1, 0.15) is 18.1 Å². The molecule has 18 heavy (non-hydrogen) atoms. The molecule has 1 N–H and O–H groups in total. The third-order valence-electron chi connectivity index (χ3n) is 1.94. The molecule has 0 radical (unpaired) electrons. The first kappa shape index (κ1) is 13.4. The molecule has 0 atom stereocenters. The number of halogens is 2. The maximum atomic E-state index is 12.6. The lowest BCUT2D eigenvalue weighted by Gasteiger charge is -2.04. The molecule has 0 amide bonds. The van der Waals surface area contributed by atoms with Crippen LogP contribution in [0.1, 0.15) is 23.2 Å². The molecule has 0 aromatic carbocycles. The summed E-state index contributed by atoms with van der Waals surface area (Å²) in [5.41, 5.74) is -2.07. The number of alkyl halides is 2. The first-order valence-corrected chi connectivity index (χ1v) is 4.45. The van der Waals surface area contributed by atoms with Gasteiger partial charge in [-0.3, -0.25) is 4.79 Å². The number of nitriles is 1. The van der Waals surface area contributed by atoms with Crippen molar-refractivity contribution >= 4 is 11.8 Å². The highest BCUT2D eigenvalue weighted by Crippen LogP contribution is 2.30. The SMILES string of the molecule is N#Cc1cc(CC(=O)O)nc([N+](=O)[O-])c1C(F)F. The molecule has 0 saturated heterocycles. The van der Waals surface area contributed by atoms with E-state index in [1.54, 1.807) is 0 Å². The summed E-state index contributed by atoms with van der Waals surface area (Å²) in [6, 6.07) is 2.18. The minimum Gasteiger partial charge on any atom is -0.481 e. The Morgan fingerprint density at radius 2 is 2.28 bits per heavy atom. The maximum absolute atomic E-state index is 12.6. The van der Waals surface area contributed by atoms with Gasteiger partial charge >= 0.3 is 11.8 Å². The van der Waals surface area contributed by atoms with Gasteiger partial charge in [-0.2, -0.15) is 5.26 Å². The number of nitrogens with zero attached hydrogens (tertiary/aromatic N) is 3. The van der Waals surface area contributed by atoms with E-state index in [0.717, 1.165) is 6.07 Å². The van der Waals surface area contributed by atoms with E-state index in [-0.39, 0.29) is 5.69 Å². The van der Waals surface area contributed by atoms with Crippen LogP contribution in [0, 0.1) is 21.4 Å². The third kappa shape index (κ3) is 2.73. The van der Waals surface area contributed by atoms with Gasteiger partial charge in [0.2, 0.25) is 0 Å². The molecule has 0 saturated carbocycles. The summed E-state index contributed by atoms with van der Waals surface area (Å²) in [6.07, 6.45) is -3.94. The molecule has 1 heterocycles. The first-order valence-electron chi connectivity index (χ1n) is 4.45. The van der Waals surface area contributed by atoms with Crippen molar-refractivity contribution in [2.45, 2.75) is 12.8 Å². The standard InChI is InChI=1S/C9H5F2N3O4/c10-8(11)7-4(3-12)1-5(2-6(15)16)13-9(7)14(17)18/h1,8H,2H2,(H,15,16). The van der Waals surface area contributed by atoms with Crippen LogP contribution in [0.2, 0.25) is 0 Å². The topological polar surface area (TPSA) is 117 Å². The molecule has 0 aliphatic heterocycles. The van der Waals surface area contributed by atoms with Crippen LogP contribution in [0.4, 0.5) is 14.6 Å². The van der Waals surface area contributed by atoms with Gasteiger partial charge in [0.05, 0.1) is 5.56 Å². The summed E-state index contributed by atoms with van der Waals surface area (Å²) in [7, 11) is 0. The second-order valence-corrected chi connectivity index (χ2v) is 3.14. The van der Waals surface area contributed by atoms with Gasteiger partial charge in [0, 0.05) is 6.07 Å². The summed E-state index contributed by atoms with van der Waals surface area (Å²) >= 11 is 0. The highest BCUT2D eigenvalue weighted by atomic mass is 19.3. The largest absolute Gasteiger partial charge is 0.481 e. The molecule has 94 valence electrons. The minimum atomic E-state index is -3.24. The minimum absolute atomic E-state index is 0.324. The van der Waals surface area contributed by atoms with E-state index in [2.05, 4.69) is 4.98 Å². The van der Waals surface area contributed by atoms with E-state index in [0.29, 0.717) is 0 Å². The number of carbonyl (C=O) groups is 1. The van der Waals surface area contributed by atoms with Crippen LogP contribution < -0.4 is 0 Å². The van der Waals surface area contributed by atoms with Gasteiger partial charge in [-0.05, 0) is 9.91 Å². The average Bonchev–Trinajstić information content (AvgIpc) is 2.26. The van der Waals surface area contributed by atoms with Crippen molar-refractivity contribution in [1.82, 2.24) is 4.98 Å². The van der Waals surface area contributed by atoms with Crippen molar-refractivity contribution in [3.63, 3.8) is 0 Å². The number of aliphatic carboxylic acids is 1. The van der Waals surface area contributed by atoms with Gasteiger partial charge in [0.25, 0.3) is 6.43 Å². The normalized spacial score (nSPS) is 10.1. The van der Waals surface area contributed by atoms with Crippen LogP contribution >= 0.6 is 0 Å². The predicted octanol–water partition coefficient (Wildman–Crippen LogP) is 1.43. The van der Waals surface area contributed by atoms with Crippen molar-refractivity contribution in [1.29, 1.82) is 5.26 Å². The van der Waals surface area contributed by atoms with Crippen molar-refractivity contribution in [2.75, 3.05) is 0 Å². The molecule has 7 nitrogen and oxygen atoms in total. The Balaban J connectivity index is 3.49. The Morgan fingerprint density at radius 3 is 2.67 bits per heavy atom. The Kier molecular flexibility index (Phi) is 3.83. The average molecular weight is 257 g/mol. The molecular weight excluding hydrogens is 252 g/mol. The Bertz CT molecular complexity index is 553. The van der Waals surface area contributed by atoms with Gasteiger partial charge in [0.15, 0.2) is 5.69 Å². The van der Waals surface area contributed by atoms with Gasteiger partial charge in [-0.1, -0.05) is 0 Å². The molecule has 0 spiro atoms. The summed E-state index contributed by atoms with van der Waals surface area (Å²) in [6.45, 7) is 0. The number of carboxylic acid groups (broad SMARTS) is 1. The van der Waals surface area contributed by atoms with Crippen molar-refractivity contribution in [2.24, 2.45) is 0 Å². The molecule has 1 rings (SSSR count). The second kappa shape index (κ2) is 5.13. The maximum Gasteiger partial charge on any atom is 0.374 e. The van der Waals surface area contributed by atoms with Gasteiger partial charge in [-0.15, -0.1) is 0 Å². The summed E-state index contributed by atoms with van der Waals surface area (Å²) in [5.74, 6) is -2.54. The summed E-state index contributed by atoms with van der Waals surface area (Å²) < 4.78 is 25.2. The van der Waals surface area contributed by atoms with Crippen molar-refractivity contribution in [3.05, 3.63) is 33.0 Å². The van der Waals surface area contributed by atoms with E-state index >= 15 is 0 Å². The number of aromatic nitrogens is 1. The van der Waals surface area contributed by atoms with E-state index < -0.39 is 40.7 Å². The zero-order chi connectivity index (χ0) is 13.9. The van der Waals surface area contributed by atoms with Crippen LogP contribution in [-0.4, -0.2) is 21.0 Å². The molecule has 0 fully saturated rings. The van der Waals surface area contributed by atoms with Gasteiger partial charge in [-0.25, -0.2) is 8.78 Å². The summed E-state index contributed by atoms with van der Waals surface area (Å²) in [5, 5.41) is 27.7. The molecule has 0 aliphatic carbocycles. The van der Waals surface area contributed by atoms with E-state index in [1.165, 1.54) is 6.07 Å². The fourth-order valence-corrected chi connectivity index (χ4v) is 1.29. The Morgan fingerprint density at radius 1 is 1.67 bits per heavy atom. The van der Waals surface area contributed by atoms with E-state index in [4.69, 9.17) is 10.4 Å². The van der Waals surface area contributed by atoms with Crippen LogP contribution in [-0.2, 0) is 11.2 Å². The monoisotopic (exact) mass is 257 g/mol. The van der Waals surface area contributed by atoms with E-state index in [9.17, 15) is 23.7 Å². The first-order chi connectivity index (χ1) is 8.36. The molecule has 0 unspecified atom stereocenters. The fraction of sp³-hybridized carbons (Fsp3) is 0.222. The number of hydrogen-bond donors (Lipinski definition) is 1. The van der Waals surface area contributed by atoms with Crippen LogP contribution in [0.25, 0.3) is 0 Å². The van der Waals surface area contributed by atoms with Crippen LogP contribution in [0.3, 0.4) is 0 Å². The molecule has 1 aromatic heterocycles. The fourth-order valence-electron chi connectivity index (χ4n) is 1.29. The highest BCUT2D eigenvalue weighted by molar-refractivity contribution is 5.70. The number of carboxylic acids is 1. The number of nitro groups is 1. The number of pyridine rings is 1. The Hall–Kier alpha value is -2.63.